The summed E-state index contributed by atoms with van der Waals surface area (Å²) >= 11 is 0. The van der Waals surface area contributed by atoms with Gasteiger partial charge in [-0.25, -0.2) is 4.79 Å². The standard InChI is InChI=1S/C16H24O3/c1-10(2)13-7-6-12(5)14(8-13)16(11(3)4)19-9-15(17)18/h6-8,10-11,16H,9H2,1-5H3,(H,17,18). The lowest BCUT2D eigenvalue weighted by Gasteiger charge is -2.24. The van der Waals surface area contributed by atoms with Crippen molar-refractivity contribution < 1.29 is 14.6 Å². The van der Waals surface area contributed by atoms with Gasteiger partial charge in [0.2, 0.25) is 0 Å². The van der Waals surface area contributed by atoms with Crippen molar-refractivity contribution in [3.63, 3.8) is 0 Å². The van der Waals surface area contributed by atoms with E-state index in [0.717, 1.165) is 11.1 Å². The Morgan fingerprint density at radius 2 is 1.89 bits per heavy atom. The molecule has 1 aromatic carbocycles. The Hall–Kier alpha value is -1.35. The lowest BCUT2D eigenvalue weighted by atomic mass is 9.91. The van der Waals surface area contributed by atoms with Crippen LogP contribution in [0, 0.1) is 12.8 Å². The minimum atomic E-state index is -0.927. The fraction of sp³-hybridized carbons (Fsp3) is 0.562. The predicted molar refractivity (Wildman–Crippen MR) is 76.4 cm³/mol. The normalized spacial score (nSPS) is 13.0. The molecule has 0 radical (unpaired) electrons. The zero-order chi connectivity index (χ0) is 14.6. The molecule has 0 saturated carbocycles. The largest absolute Gasteiger partial charge is 0.480 e. The van der Waals surface area contributed by atoms with Crippen LogP contribution in [0.25, 0.3) is 0 Å². The Labute approximate surface area is 115 Å². The lowest BCUT2D eigenvalue weighted by molar-refractivity contribution is -0.145. The highest BCUT2D eigenvalue weighted by molar-refractivity contribution is 5.68. The Bertz CT molecular complexity index is 436. The first-order valence-corrected chi connectivity index (χ1v) is 6.76. The van der Waals surface area contributed by atoms with E-state index in [2.05, 4.69) is 32.0 Å². The van der Waals surface area contributed by atoms with E-state index in [0.29, 0.717) is 5.92 Å². The molecule has 106 valence electrons. The van der Waals surface area contributed by atoms with Crippen molar-refractivity contribution in [2.75, 3.05) is 6.61 Å². The van der Waals surface area contributed by atoms with E-state index >= 15 is 0 Å². The number of carbonyl (C=O) groups is 1. The van der Waals surface area contributed by atoms with E-state index in [1.54, 1.807) is 0 Å². The molecule has 1 N–H and O–H groups in total. The molecule has 0 amide bonds. The molecular weight excluding hydrogens is 240 g/mol. The summed E-state index contributed by atoms with van der Waals surface area (Å²) in [6.45, 7) is 10.2. The average Bonchev–Trinajstić information content (AvgIpc) is 2.30. The molecule has 3 heteroatoms. The molecule has 3 nitrogen and oxygen atoms in total. The topological polar surface area (TPSA) is 46.5 Å². The van der Waals surface area contributed by atoms with Crippen molar-refractivity contribution in [3.8, 4) is 0 Å². The molecule has 0 aliphatic heterocycles. The van der Waals surface area contributed by atoms with Crippen LogP contribution in [0.15, 0.2) is 18.2 Å². The smallest absolute Gasteiger partial charge is 0.329 e. The van der Waals surface area contributed by atoms with Gasteiger partial charge in [-0.3, -0.25) is 0 Å². The van der Waals surface area contributed by atoms with Crippen LogP contribution >= 0.6 is 0 Å². The van der Waals surface area contributed by atoms with Gasteiger partial charge in [0.15, 0.2) is 0 Å². The fourth-order valence-corrected chi connectivity index (χ4v) is 2.13. The first-order chi connectivity index (χ1) is 8.82. The third-order valence-electron chi connectivity index (χ3n) is 3.27. The average molecular weight is 264 g/mol. The molecule has 0 heterocycles. The highest BCUT2D eigenvalue weighted by Crippen LogP contribution is 2.30. The summed E-state index contributed by atoms with van der Waals surface area (Å²) in [6.07, 6.45) is -0.171. The van der Waals surface area contributed by atoms with Gasteiger partial charge in [0.1, 0.15) is 6.61 Å². The number of hydrogen-bond acceptors (Lipinski definition) is 2. The van der Waals surface area contributed by atoms with Gasteiger partial charge in [-0.1, -0.05) is 45.9 Å². The van der Waals surface area contributed by atoms with E-state index in [1.807, 2.05) is 20.8 Å². The minimum Gasteiger partial charge on any atom is -0.480 e. The van der Waals surface area contributed by atoms with Crippen LogP contribution in [0.2, 0.25) is 0 Å². The zero-order valence-corrected chi connectivity index (χ0v) is 12.4. The van der Waals surface area contributed by atoms with Gasteiger partial charge >= 0.3 is 5.97 Å². The molecular formula is C16H24O3. The van der Waals surface area contributed by atoms with Crippen molar-refractivity contribution in [1.29, 1.82) is 0 Å². The van der Waals surface area contributed by atoms with E-state index in [4.69, 9.17) is 9.84 Å². The summed E-state index contributed by atoms with van der Waals surface area (Å²) in [5.41, 5.74) is 3.50. The number of aliphatic carboxylic acids is 1. The van der Waals surface area contributed by atoms with Crippen LogP contribution in [0.1, 0.15) is 56.4 Å². The Morgan fingerprint density at radius 1 is 1.26 bits per heavy atom. The maximum atomic E-state index is 10.7. The van der Waals surface area contributed by atoms with Gasteiger partial charge < -0.3 is 9.84 Å². The van der Waals surface area contributed by atoms with Crippen LogP contribution < -0.4 is 0 Å². The molecule has 0 bridgehead atoms. The van der Waals surface area contributed by atoms with Crippen LogP contribution in [0.5, 0.6) is 0 Å². The molecule has 1 aromatic rings. The fourth-order valence-electron chi connectivity index (χ4n) is 2.13. The lowest BCUT2D eigenvalue weighted by Crippen LogP contribution is -2.17. The second-order valence-electron chi connectivity index (χ2n) is 5.64. The molecule has 19 heavy (non-hydrogen) atoms. The highest BCUT2D eigenvalue weighted by atomic mass is 16.5. The van der Waals surface area contributed by atoms with Gasteiger partial charge in [-0.15, -0.1) is 0 Å². The summed E-state index contributed by atoms with van der Waals surface area (Å²) in [5.74, 6) is -0.240. The van der Waals surface area contributed by atoms with Crippen molar-refractivity contribution in [2.24, 2.45) is 5.92 Å². The second-order valence-corrected chi connectivity index (χ2v) is 5.64. The monoisotopic (exact) mass is 264 g/mol. The number of aryl methyl sites for hydroxylation is 1. The summed E-state index contributed by atoms with van der Waals surface area (Å²) in [4.78, 5) is 10.7. The van der Waals surface area contributed by atoms with E-state index in [9.17, 15) is 4.79 Å². The Morgan fingerprint density at radius 3 is 2.37 bits per heavy atom. The van der Waals surface area contributed by atoms with Gasteiger partial charge in [-0.2, -0.15) is 0 Å². The third kappa shape index (κ3) is 4.35. The zero-order valence-electron chi connectivity index (χ0n) is 12.4. The molecule has 0 aliphatic rings. The summed E-state index contributed by atoms with van der Waals surface area (Å²) < 4.78 is 5.57. The predicted octanol–water partition coefficient (Wildman–Crippen LogP) is 3.92. The molecule has 1 rings (SSSR count). The maximum absolute atomic E-state index is 10.7. The van der Waals surface area contributed by atoms with Crippen LogP contribution in [0.3, 0.4) is 0 Å². The number of benzene rings is 1. The first-order valence-electron chi connectivity index (χ1n) is 6.76. The van der Waals surface area contributed by atoms with Crippen LogP contribution in [-0.2, 0) is 9.53 Å². The summed E-state index contributed by atoms with van der Waals surface area (Å²) in [7, 11) is 0. The summed E-state index contributed by atoms with van der Waals surface area (Å²) in [6, 6.07) is 6.36. The molecule has 1 atom stereocenters. The minimum absolute atomic E-state index is 0.171. The van der Waals surface area contributed by atoms with Crippen molar-refractivity contribution in [3.05, 3.63) is 34.9 Å². The molecule has 0 spiro atoms. The van der Waals surface area contributed by atoms with E-state index in [-0.39, 0.29) is 18.6 Å². The van der Waals surface area contributed by atoms with Crippen molar-refractivity contribution >= 4 is 5.97 Å². The SMILES string of the molecule is Cc1ccc(C(C)C)cc1C(OCC(=O)O)C(C)C. The number of rotatable bonds is 6. The van der Waals surface area contributed by atoms with Crippen LogP contribution in [-0.4, -0.2) is 17.7 Å². The van der Waals surface area contributed by atoms with Gasteiger partial charge in [0.05, 0.1) is 6.10 Å². The summed E-state index contributed by atoms with van der Waals surface area (Å²) in [5, 5.41) is 8.78. The van der Waals surface area contributed by atoms with Gasteiger partial charge in [0.25, 0.3) is 0 Å². The third-order valence-corrected chi connectivity index (χ3v) is 3.27. The van der Waals surface area contributed by atoms with E-state index < -0.39 is 5.97 Å². The van der Waals surface area contributed by atoms with Crippen LogP contribution in [0.4, 0.5) is 0 Å². The maximum Gasteiger partial charge on any atom is 0.329 e. The Balaban J connectivity index is 3.07. The van der Waals surface area contributed by atoms with Gasteiger partial charge in [-0.05, 0) is 35.4 Å². The van der Waals surface area contributed by atoms with E-state index in [1.165, 1.54) is 5.56 Å². The highest BCUT2D eigenvalue weighted by Gasteiger charge is 2.20. The molecule has 0 fully saturated rings. The second kappa shape index (κ2) is 6.71. The molecule has 0 aromatic heterocycles. The number of ether oxygens (including phenoxy) is 1. The molecule has 0 saturated heterocycles. The number of carboxylic acid groups (broad SMARTS) is 1. The first kappa shape index (κ1) is 15.7. The molecule has 0 aliphatic carbocycles. The van der Waals surface area contributed by atoms with Crippen molar-refractivity contribution in [2.45, 2.75) is 46.6 Å². The molecule has 1 unspecified atom stereocenters. The van der Waals surface area contributed by atoms with Gasteiger partial charge in [0, 0.05) is 0 Å². The number of hydrogen-bond donors (Lipinski definition) is 1. The Kier molecular flexibility index (Phi) is 5.55. The van der Waals surface area contributed by atoms with Crippen molar-refractivity contribution in [1.82, 2.24) is 0 Å². The quantitative estimate of drug-likeness (QED) is 0.847. The number of carboxylic acids is 1.